The lowest BCUT2D eigenvalue weighted by Gasteiger charge is -2.67. The minimum Gasteiger partial charge on any atom is -0.314 e. The zero-order valence-electron chi connectivity index (χ0n) is 25.4. The van der Waals surface area contributed by atoms with Crippen LogP contribution < -0.4 is 10.6 Å². The van der Waals surface area contributed by atoms with Crippen LogP contribution in [0.2, 0.25) is 0 Å². The topological polar surface area (TPSA) is 39.7 Å². The summed E-state index contributed by atoms with van der Waals surface area (Å²) in [6.45, 7) is 33.7. The molecule has 1 aliphatic rings. The Hall–Kier alpha value is -0.500. The van der Waals surface area contributed by atoms with Crippen LogP contribution in [-0.4, -0.2) is 60.5 Å². The minimum atomic E-state index is -0.292. The van der Waals surface area contributed by atoms with Crippen LogP contribution >= 0.6 is 22.6 Å². The summed E-state index contributed by atoms with van der Waals surface area (Å²) in [4.78, 5) is 8.43. The molecule has 0 unspecified atom stereocenters. The van der Waals surface area contributed by atoms with E-state index in [0.29, 0.717) is 6.04 Å². The van der Waals surface area contributed by atoms with E-state index >= 15 is 0 Å². The first-order chi connectivity index (χ1) is 16.3. The predicted molar refractivity (Wildman–Crippen MR) is 167 cm³/mol. The highest BCUT2D eigenvalue weighted by molar-refractivity contribution is 14.1. The van der Waals surface area contributed by atoms with Gasteiger partial charge in [-0.05, 0) is 77.3 Å². The van der Waals surface area contributed by atoms with Crippen molar-refractivity contribution in [2.24, 2.45) is 21.2 Å². The summed E-state index contributed by atoms with van der Waals surface area (Å²) in [5, 5.41) is 7.44. The molecule has 0 radical (unpaired) electrons. The minimum absolute atomic E-state index is 0.0678. The summed E-state index contributed by atoms with van der Waals surface area (Å²) < 4.78 is 1.27. The number of hydrogen-bond donors (Lipinski definition) is 2. The zero-order valence-corrected chi connectivity index (χ0v) is 27.6. The molecule has 0 saturated carbocycles. The Labute approximate surface area is 237 Å². The molecule has 1 aliphatic heterocycles. The van der Waals surface area contributed by atoms with Crippen molar-refractivity contribution in [3.63, 3.8) is 0 Å². The highest BCUT2D eigenvalue weighted by Crippen LogP contribution is 2.54. The van der Waals surface area contributed by atoms with Crippen molar-refractivity contribution in [2.75, 3.05) is 32.7 Å². The summed E-state index contributed by atoms with van der Waals surface area (Å²) in [6, 6.07) is 9.36. The van der Waals surface area contributed by atoms with Crippen molar-refractivity contribution in [1.29, 1.82) is 0 Å². The van der Waals surface area contributed by atoms with Gasteiger partial charge in [-0.1, -0.05) is 74.4 Å². The largest absolute Gasteiger partial charge is 0.314 e. The van der Waals surface area contributed by atoms with Crippen LogP contribution in [-0.2, 0) is 6.42 Å². The third-order valence-corrected chi connectivity index (χ3v) is 8.40. The van der Waals surface area contributed by atoms with Crippen molar-refractivity contribution >= 4 is 28.3 Å². The van der Waals surface area contributed by atoms with Crippen LogP contribution in [0.1, 0.15) is 88.6 Å². The van der Waals surface area contributed by atoms with E-state index in [4.69, 9.17) is 4.99 Å². The molecule has 0 fully saturated rings. The Balaban J connectivity index is 2.99. The molecule has 2 rings (SSSR count). The van der Waals surface area contributed by atoms with Crippen LogP contribution in [0.3, 0.4) is 0 Å². The van der Waals surface area contributed by atoms with Gasteiger partial charge in [-0.25, -0.2) is 0 Å². The lowest BCUT2D eigenvalue weighted by Crippen LogP contribution is -2.77. The van der Waals surface area contributed by atoms with Gasteiger partial charge >= 0.3 is 0 Å². The van der Waals surface area contributed by atoms with Gasteiger partial charge in [0.2, 0.25) is 0 Å². The Kier molecular flexibility index (Phi) is 10.3. The van der Waals surface area contributed by atoms with Crippen molar-refractivity contribution in [2.45, 2.75) is 107 Å². The van der Waals surface area contributed by atoms with E-state index in [1.807, 2.05) is 0 Å². The number of aliphatic imine (C=N–C) groups is 1. The standard InChI is InChI=1S/C31H55IN4/c1-27(2,3)26-22-34-18-17-33-19-20-35-25(21-23-13-15-24(32)16-14-23)31(28(4,5)6,29(7,8)9)36(26)30(10,11)12/h13-16,26,33-34H,17-22H2,1-12H3/t26-/m1/s1. The van der Waals surface area contributed by atoms with Gasteiger partial charge in [-0.2, -0.15) is 0 Å². The van der Waals surface area contributed by atoms with E-state index in [1.165, 1.54) is 14.8 Å². The van der Waals surface area contributed by atoms with Crippen LogP contribution in [0.25, 0.3) is 0 Å². The van der Waals surface area contributed by atoms with Gasteiger partial charge < -0.3 is 10.6 Å². The normalized spacial score (nSPS) is 21.9. The predicted octanol–water partition coefficient (Wildman–Crippen LogP) is 6.81. The number of hydrogen-bond acceptors (Lipinski definition) is 4. The molecular formula is C31H55IN4. The molecule has 0 saturated heterocycles. The van der Waals surface area contributed by atoms with E-state index in [2.05, 4.69) is 145 Å². The lowest BCUT2D eigenvalue weighted by molar-refractivity contribution is -0.128. The molecular weight excluding hydrogens is 555 g/mol. The molecule has 206 valence electrons. The Morgan fingerprint density at radius 1 is 0.833 bits per heavy atom. The molecule has 1 atom stereocenters. The summed E-state index contributed by atoms with van der Waals surface area (Å²) >= 11 is 2.40. The molecule has 1 aromatic rings. The molecule has 0 spiro atoms. The fourth-order valence-electron chi connectivity index (χ4n) is 6.75. The molecule has 1 heterocycles. The van der Waals surface area contributed by atoms with Crippen LogP contribution in [0.15, 0.2) is 29.3 Å². The molecule has 0 aliphatic carbocycles. The average Bonchev–Trinajstić information content (AvgIpc) is 2.67. The van der Waals surface area contributed by atoms with E-state index in [1.54, 1.807) is 0 Å². The summed E-state index contributed by atoms with van der Waals surface area (Å²) in [5.74, 6) is 0. The highest BCUT2D eigenvalue weighted by atomic mass is 127. The van der Waals surface area contributed by atoms with Crippen molar-refractivity contribution in [3.8, 4) is 0 Å². The van der Waals surface area contributed by atoms with Crippen LogP contribution in [0.4, 0.5) is 0 Å². The Bertz CT molecular complexity index is 846. The third-order valence-electron chi connectivity index (χ3n) is 7.68. The fourth-order valence-corrected chi connectivity index (χ4v) is 7.11. The molecule has 4 nitrogen and oxygen atoms in total. The molecule has 5 heteroatoms. The van der Waals surface area contributed by atoms with Crippen molar-refractivity contribution in [3.05, 3.63) is 33.4 Å². The van der Waals surface area contributed by atoms with E-state index in [9.17, 15) is 0 Å². The van der Waals surface area contributed by atoms with E-state index in [-0.39, 0.29) is 27.3 Å². The van der Waals surface area contributed by atoms with E-state index < -0.39 is 0 Å². The summed E-state index contributed by atoms with van der Waals surface area (Å²) in [5.41, 5.74) is 2.23. The average molecular weight is 611 g/mol. The van der Waals surface area contributed by atoms with Gasteiger partial charge in [0.05, 0.1) is 12.1 Å². The molecule has 36 heavy (non-hydrogen) atoms. The van der Waals surface area contributed by atoms with Gasteiger partial charge in [0.1, 0.15) is 0 Å². The Morgan fingerprint density at radius 2 is 1.36 bits per heavy atom. The quantitative estimate of drug-likeness (QED) is 0.362. The maximum absolute atomic E-state index is 5.53. The van der Waals surface area contributed by atoms with Crippen LogP contribution in [0.5, 0.6) is 0 Å². The van der Waals surface area contributed by atoms with Gasteiger partial charge in [0.15, 0.2) is 0 Å². The van der Waals surface area contributed by atoms with Gasteiger partial charge in [0.25, 0.3) is 0 Å². The summed E-state index contributed by atoms with van der Waals surface area (Å²) in [6.07, 6.45) is 0.863. The second kappa shape index (κ2) is 11.7. The number of nitrogens with zero attached hydrogens (tertiary/aromatic N) is 2. The van der Waals surface area contributed by atoms with E-state index in [0.717, 1.165) is 39.1 Å². The first-order valence-electron chi connectivity index (χ1n) is 13.8. The summed E-state index contributed by atoms with van der Waals surface area (Å²) in [7, 11) is 0. The van der Waals surface area contributed by atoms with Gasteiger partial charge in [-0.3, -0.25) is 9.89 Å². The van der Waals surface area contributed by atoms with Gasteiger partial charge in [0, 0.05) is 53.5 Å². The molecule has 0 aromatic heterocycles. The first kappa shape index (κ1) is 31.7. The number of halogens is 1. The molecule has 0 bridgehead atoms. The maximum atomic E-state index is 5.53. The molecule has 0 amide bonds. The van der Waals surface area contributed by atoms with Crippen molar-refractivity contribution in [1.82, 2.24) is 15.5 Å². The second-order valence-corrected chi connectivity index (χ2v) is 16.0. The van der Waals surface area contributed by atoms with Crippen LogP contribution in [0, 0.1) is 19.8 Å². The SMILES string of the molecule is CC(C)(C)[C@H]1CNCCNCCN=C(Cc2ccc(I)cc2)C(C(C)(C)C)(C(C)(C)C)N1C(C)(C)C. The third kappa shape index (κ3) is 7.12. The molecule has 1 aromatic carbocycles. The first-order valence-corrected chi connectivity index (χ1v) is 14.9. The monoisotopic (exact) mass is 610 g/mol. The maximum Gasteiger partial charge on any atom is 0.0697 e. The highest BCUT2D eigenvalue weighted by Gasteiger charge is 2.62. The second-order valence-electron chi connectivity index (χ2n) is 14.7. The number of benzene rings is 1. The zero-order chi connectivity index (χ0) is 27.6. The van der Waals surface area contributed by atoms with Crippen molar-refractivity contribution < 1.29 is 0 Å². The Morgan fingerprint density at radius 3 is 1.83 bits per heavy atom. The number of rotatable bonds is 2. The molecule has 2 N–H and O–H groups in total. The number of nitrogens with one attached hydrogen (secondary N) is 2. The smallest absolute Gasteiger partial charge is 0.0697 e. The van der Waals surface area contributed by atoms with Gasteiger partial charge in [-0.15, -0.1) is 0 Å². The fraction of sp³-hybridized carbons (Fsp3) is 0.774. The lowest BCUT2D eigenvalue weighted by atomic mass is 9.54.